The monoisotopic (exact) mass is 414 g/mol. The van der Waals surface area contributed by atoms with Crippen molar-refractivity contribution in [2.24, 2.45) is 21.3 Å². The van der Waals surface area contributed by atoms with Crippen molar-refractivity contribution in [2.45, 2.75) is 38.9 Å². The number of nitrogens with one attached hydrogen (secondary N) is 3. The van der Waals surface area contributed by atoms with Crippen LogP contribution >= 0.6 is 0 Å². The van der Waals surface area contributed by atoms with E-state index in [0.717, 1.165) is 82.2 Å². The van der Waals surface area contributed by atoms with E-state index in [-0.39, 0.29) is 23.5 Å². The maximum Gasteiger partial charge on any atom is 0.227 e. The first-order valence-corrected chi connectivity index (χ1v) is 11.1. The fourth-order valence-electron chi connectivity index (χ4n) is 4.22. The number of carbonyl (C=O) groups excluding carboxylic acids is 1. The summed E-state index contributed by atoms with van der Waals surface area (Å²) in [5, 5.41) is 9.87. The molecule has 0 bridgehead atoms. The number of hydrogen-bond acceptors (Lipinski definition) is 7. The van der Waals surface area contributed by atoms with Gasteiger partial charge in [-0.1, -0.05) is 6.92 Å². The van der Waals surface area contributed by atoms with Crippen LogP contribution in [-0.4, -0.2) is 75.1 Å². The van der Waals surface area contributed by atoms with Crippen LogP contribution in [0.2, 0.25) is 0 Å². The number of dihydropyridines is 1. The fraction of sp³-hybridized carbons (Fsp3) is 0.682. The Balaban J connectivity index is 1.39. The third-order valence-corrected chi connectivity index (χ3v) is 6.52. The molecule has 2 saturated heterocycles. The molecule has 0 aliphatic carbocycles. The molecule has 8 heteroatoms. The third-order valence-electron chi connectivity index (χ3n) is 6.52. The zero-order valence-corrected chi connectivity index (χ0v) is 18.1. The molecule has 1 amide bonds. The van der Waals surface area contributed by atoms with Crippen LogP contribution in [0, 0.1) is 11.3 Å². The summed E-state index contributed by atoms with van der Waals surface area (Å²) in [5.74, 6) is 1.03. The van der Waals surface area contributed by atoms with Crippen LogP contribution in [-0.2, 0) is 9.53 Å². The number of aliphatic imine (C=N–C) groups is 2. The van der Waals surface area contributed by atoms with Gasteiger partial charge in [-0.15, -0.1) is 0 Å². The molecular formula is C22H34N6O2. The van der Waals surface area contributed by atoms with E-state index in [9.17, 15) is 4.79 Å². The average Bonchev–Trinajstić information content (AvgIpc) is 3.30. The Morgan fingerprint density at radius 1 is 1.40 bits per heavy atom. The fourth-order valence-corrected chi connectivity index (χ4v) is 4.22. The summed E-state index contributed by atoms with van der Waals surface area (Å²) in [5.41, 5.74) is 2.34. The van der Waals surface area contributed by atoms with Gasteiger partial charge in [0.25, 0.3) is 0 Å². The summed E-state index contributed by atoms with van der Waals surface area (Å²) in [4.78, 5) is 24.0. The lowest BCUT2D eigenvalue weighted by molar-refractivity contribution is -0.125. The van der Waals surface area contributed by atoms with Crippen molar-refractivity contribution in [3.63, 3.8) is 0 Å². The number of amides is 1. The first-order valence-electron chi connectivity index (χ1n) is 11.1. The van der Waals surface area contributed by atoms with Crippen molar-refractivity contribution in [3.8, 4) is 0 Å². The van der Waals surface area contributed by atoms with Crippen molar-refractivity contribution >= 4 is 17.5 Å². The largest absolute Gasteiger partial charge is 0.381 e. The van der Waals surface area contributed by atoms with Crippen molar-refractivity contribution in [2.75, 3.05) is 46.4 Å². The van der Waals surface area contributed by atoms with E-state index in [0.29, 0.717) is 0 Å². The second-order valence-corrected chi connectivity index (χ2v) is 9.03. The molecule has 30 heavy (non-hydrogen) atoms. The van der Waals surface area contributed by atoms with Crippen LogP contribution in [0.25, 0.3) is 0 Å². The molecule has 0 aromatic rings. The maximum absolute atomic E-state index is 12.5. The van der Waals surface area contributed by atoms with Crippen LogP contribution in [0.1, 0.15) is 32.6 Å². The topological polar surface area (TPSA) is 90.3 Å². The van der Waals surface area contributed by atoms with Gasteiger partial charge in [-0.05, 0) is 55.4 Å². The molecule has 164 valence electrons. The summed E-state index contributed by atoms with van der Waals surface area (Å²) in [6.45, 7) is 7.29. The van der Waals surface area contributed by atoms with Gasteiger partial charge in [0.05, 0.1) is 11.6 Å². The predicted octanol–water partition coefficient (Wildman–Crippen LogP) is 1.03. The molecule has 8 nitrogen and oxygen atoms in total. The van der Waals surface area contributed by atoms with Gasteiger partial charge in [0.15, 0.2) is 6.29 Å². The van der Waals surface area contributed by atoms with Crippen LogP contribution in [0.3, 0.4) is 0 Å². The molecule has 0 spiro atoms. The minimum absolute atomic E-state index is 0.0336. The Kier molecular flexibility index (Phi) is 6.53. The second-order valence-electron chi connectivity index (χ2n) is 9.03. The molecule has 0 saturated carbocycles. The van der Waals surface area contributed by atoms with Crippen molar-refractivity contribution in [1.82, 2.24) is 20.9 Å². The Hall–Kier alpha value is -2.19. The van der Waals surface area contributed by atoms with E-state index < -0.39 is 0 Å². The standard InChI is InChI=1S/C22H34N6O2/c1-22(6-11-30-12-7-22)15-25-19-13-16(4-9-24-19)18-5-10-28(2)21(26-18)27-20(29)17-3-8-23-14-17/h5,10,13,17,21,23H,3-4,6-9,11-12,14-15H2,1-2H3,(H,24,25)(H,27,29). The zero-order chi connectivity index (χ0) is 21.0. The van der Waals surface area contributed by atoms with Gasteiger partial charge in [0.2, 0.25) is 5.91 Å². The summed E-state index contributed by atoms with van der Waals surface area (Å²) >= 11 is 0. The second kappa shape index (κ2) is 9.31. The number of ether oxygens (including phenoxy) is 1. The predicted molar refractivity (Wildman–Crippen MR) is 118 cm³/mol. The number of carbonyl (C=O) groups is 1. The summed E-state index contributed by atoms with van der Waals surface area (Å²) in [6, 6.07) is 0. The first kappa shape index (κ1) is 21.1. The molecule has 2 unspecified atom stereocenters. The van der Waals surface area contributed by atoms with E-state index in [1.807, 2.05) is 24.2 Å². The molecule has 4 aliphatic rings. The zero-order valence-electron chi connectivity index (χ0n) is 18.1. The van der Waals surface area contributed by atoms with Gasteiger partial charge in [-0.25, -0.2) is 4.99 Å². The Morgan fingerprint density at radius 2 is 2.23 bits per heavy atom. The molecule has 2 atom stereocenters. The van der Waals surface area contributed by atoms with Crippen molar-refractivity contribution in [3.05, 3.63) is 23.9 Å². The van der Waals surface area contributed by atoms with Gasteiger partial charge in [0, 0.05) is 46.1 Å². The first-order chi connectivity index (χ1) is 14.5. The Bertz CT molecular complexity index is 760. The third kappa shape index (κ3) is 5.10. The van der Waals surface area contributed by atoms with E-state index in [1.54, 1.807) is 0 Å². The van der Waals surface area contributed by atoms with E-state index in [4.69, 9.17) is 9.73 Å². The molecule has 0 aromatic heterocycles. The Morgan fingerprint density at radius 3 is 3.00 bits per heavy atom. The van der Waals surface area contributed by atoms with Gasteiger partial charge in [0.1, 0.15) is 5.84 Å². The lowest BCUT2D eigenvalue weighted by Crippen LogP contribution is -2.47. The number of amidine groups is 1. The van der Waals surface area contributed by atoms with Gasteiger partial charge in [-0.3, -0.25) is 9.79 Å². The highest BCUT2D eigenvalue weighted by molar-refractivity contribution is 6.13. The minimum atomic E-state index is -0.365. The van der Waals surface area contributed by atoms with Gasteiger partial charge in [-0.2, -0.15) is 0 Å². The molecular weight excluding hydrogens is 380 g/mol. The molecule has 0 radical (unpaired) electrons. The molecule has 4 rings (SSSR count). The molecule has 3 N–H and O–H groups in total. The van der Waals surface area contributed by atoms with Crippen molar-refractivity contribution in [1.29, 1.82) is 0 Å². The maximum atomic E-state index is 12.5. The van der Waals surface area contributed by atoms with E-state index >= 15 is 0 Å². The Labute approximate surface area is 178 Å². The quantitative estimate of drug-likeness (QED) is 0.625. The molecule has 0 aromatic carbocycles. The summed E-state index contributed by atoms with van der Waals surface area (Å²) in [7, 11) is 1.94. The SMILES string of the molecule is CN1C=CC(C2=CC(NCC3(C)CCOCC3)=NCC2)=NC1NC(=O)C1CCNC1. The highest BCUT2D eigenvalue weighted by Gasteiger charge is 2.28. The normalized spacial score (nSPS) is 28.5. The summed E-state index contributed by atoms with van der Waals surface area (Å²) < 4.78 is 5.50. The number of hydrogen-bond donors (Lipinski definition) is 3. The van der Waals surface area contributed by atoms with E-state index in [1.165, 1.54) is 0 Å². The molecule has 4 heterocycles. The smallest absolute Gasteiger partial charge is 0.227 e. The highest BCUT2D eigenvalue weighted by Crippen LogP contribution is 2.28. The lowest BCUT2D eigenvalue weighted by atomic mass is 9.82. The van der Waals surface area contributed by atoms with Crippen LogP contribution < -0.4 is 16.0 Å². The molecule has 2 fully saturated rings. The van der Waals surface area contributed by atoms with Crippen LogP contribution in [0.4, 0.5) is 0 Å². The lowest BCUT2D eigenvalue weighted by Gasteiger charge is -2.34. The molecule has 4 aliphatic heterocycles. The van der Waals surface area contributed by atoms with E-state index in [2.05, 4.69) is 33.9 Å². The van der Waals surface area contributed by atoms with Gasteiger partial charge >= 0.3 is 0 Å². The van der Waals surface area contributed by atoms with Crippen LogP contribution in [0.15, 0.2) is 33.9 Å². The highest BCUT2D eigenvalue weighted by atomic mass is 16.5. The minimum Gasteiger partial charge on any atom is -0.381 e. The van der Waals surface area contributed by atoms with Gasteiger partial charge < -0.3 is 25.6 Å². The number of allylic oxidation sites excluding steroid dienone is 1. The number of nitrogens with zero attached hydrogens (tertiary/aromatic N) is 3. The van der Waals surface area contributed by atoms with Crippen LogP contribution in [0.5, 0.6) is 0 Å². The van der Waals surface area contributed by atoms with Crippen molar-refractivity contribution < 1.29 is 9.53 Å². The number of rotatable bonds is 5. The summed E-state index contributed by atoms with van der Waals surface area (Å²) in [6.07, 6.45) is 9.65. The average molecular weight is 415 g/mol.